The second kappa shape index (κ2) is 20.3. The van der Waals surface area contributed by atoms with Crippen LogP contribution >= 0.6 is 11.8 Å². The van der Waals surface area contributed by atoms with Crippen molar-refractivity contribution in [1.82, 2.24) is 15.1 Å². The van der Waals surface area contributed by atoms with Crippen molar-refractivity contribution in [1.29, 1.82) is 5.26 Å². The second-order valence-corrected chi connectivity index (χ2v) is 20.8. The molecule has 4 aliphatic heterocycles. The largest absolute Gasteiger partial charge is 0.493 e. The van der Waals surface area contributed by atoms with Gasteiger partial charge in [-0.3, -0.25) is 14.6 Å². The Morgan fingerprint density at radius 2 is 1.75 bits per heavy atom. The summed E-state index contributed by atoms with van der Waals surface area (Å²) in [7, 11) is 3.15. The summed E-state index contributed by atoms with van der Waals surface area (Å²) in [5, 5.41) is 27.3. The van der Waals surface area contributed by atoms with Crippen LogP contribution in [0.3, 0.4) is 0 Å². The lowest BCUT2D eigenvalue weighted by Crippen LogP contribution is -2.75. The molecule has 3 aromatic carbocycles. The first-order chi connectivity index (χ1) is 34.1. The normalized spacial score (nSPS) is 24.7. The summed E-state index contributed by atoms with van der Waals surface area (Å²) in [6.45, 7) is 13.1. The van der Waals surface area contributed by atoms with Crippen molar-refractivity contribution in [3.8, 4) is 28.7 Å². The number of rotatable bonds is 17. The number of alkyl carbamates (subject to hydrolysis) is 1. The summed E-state index contributed by atoms with van der Waals surface area (Å²) in [5.74, 6) is 0.716. The molecule has 2 bridgehead atoms. The molecule has 0 spiro atoms. The highest BCUT2D eigenvalue weighted by atomic mass is 32.2. The number of piperazine rings is 1. The van der Waals surface area contributed by atoms with Gasteiger partial charge in [-0.1, -0.05) is 60.7 Å². The van der Waals surface area contributed by atoms with Crippen molar-refractivity contribution in [2.75, 3.05) is 65.7 Å². The summed E-state index contributed by atoms with van der Waals surface area (Å²) >= 11 is 1.50. The first-order valence-electron chi connectivity index (χ1n) is 24.0. The lowest BCUT2D eigenvalue weighted by molar-refractivity contribution is -0.160. The number of hydrogen-bond donors (Lipinski definition) is 2. The number of ketones is 1. The van der Waals surface area contributed by atoms with E-state index in [0.717, 1.165) is 16.7 Å². The average molecular weight is 991 g/mol. The van der Waals surface area contributed by atoms with Crippen LogP contribution in [0.5, 0.6) is 11.5 Å². The van der Waals surface area contributed by atoms with Gasteiger partial charge in [0, 0.05) is 66.3 Å². The molecule has 17 heteroatoms. The Hall–Kier alpha value is -5.87. The molecule has 2 N–H and O–H groups in total. The number of nitriles is 1. The Bertz CT molecular complexity index is 2660. The number of nitrogens with zero attached hydrogens (tertiary/aromatic N) is 3. The van der Waals surface area contributed by atoms with Crippen LogP contribution in [-0.4, -0.2) is 140 Å². The minimum absolute atomic E-state index is 0.0456. The summed E-state index contributed by atoms with van der Waals surface area (Å²) in [6.07, 6.45) is 1.22. The number of fused-ring (bicyclic) bond motifs is 11. The van der Waals surface area contributed by atoms with E-state index in [4.69, 9.17) is 37.9 Å². The maximum atomic E-state index is 14.8. The molecule has 1 amide bonds. The van der Waals surface area contributed by atoms with Crippen LogP contribution in [0.2, 0.25) is 0 Å². The highest BCUT2D eigenvalue weighted by Gasteiger charge is 2.65. The quantitative estimate of drug-likeness (QED) is 0.0634. The number of benzene rings is 3. The summed E-state index contributed by atoms with van der Waals surface area (Å²) < 4.78 is 47.5. The van der Waals surface area contributed by atoms with Gasteiger partial charge in [-0.25, -0.2) is 9.59 Å². The van der Waals surface area contributed by atoms with Crippen LogP contribution in [0.25, 0.3) is 11.1 Å². The lowest BCUT2D eigenvalue weighted by atomic mass is 9.64. The van der Waals surface area contributed by atoms with Crippen LogP contribution in [0, 0.1) is 18.3 Å². The van der Waals surface area contributed by atoms with Crippen molar-refractivity contribution in [2.24, 2.45) is 0 Å². The fourth-order valence-electron chi connectivity index (χ4n) is 11.6. The molecule has 2 aliphatic carbocycles. The zero-order valence-corrected chi connectivity index (χ0v) is 42.1. The Morgan fingerprint density at radius 1 is 1.04 bits per heavy atom. The van der Waals surface area contributed by atoms with Crippen molar-refractivity contribution in [2.45, 2.75) is 101 Å². The van der Waals surface area contributed by atoms with Crippen LogP contribution < -0.4 is 14.8 Å². The number of carbonyl (C=O) groups excluding carboxylic acids is 3. The number of amides is 1. The predicted octanol–water partition coefficient (Wildman–Crippen LogP) is 6.63. The third-order valence-electron chi connectivity index (χ3n) is 14.3. The first kappa shape index (κ1) is 50.1. The molecule has 4 heterocycles. The molecule has 2 unspecified atom stereocenters. The number of piperidine rings is 1. The number of Topliss-reactive ketones (excluding diaryl/α,β-unsaturated/α-hetero) is 1. The number of nitrogens with one attached hydrogen (secondary N) is 1. The molecule has 16 nitrogen and oxygen atoms in total. The van der Waals surface area contributed by atoms with Gasteiger partial charge in [0.2, 0.25) is 6.79 Å². The first-order valence-corrected chi connectivity index (χ1v) is 25.1. The van der Waals surface area contributed by atoms with Gasteiger partial charge >= 0.3 is 12.1 Å². The zero-order chi connectivity index (χ0) is 50.4. The molecule has 6 aliphatic rings. The fourth-order valence-corrected chi connectivity index (χ4v) is 12.8. The number of thioether (sulfide) groups is 1. The Labute approximate surface area is 418 Å². The Kier molecular flexibility index (Phi) is 14.3. The average Bonchev–Trinajstić information content (AvgIpc) is 3.95. The molecule has 376 valence electrons. The number of methoxy groups -OCH3 is 2. The van der Waals surface area contributed by atoms with Gasteiger partial charge in [0.05, 0.1) is 38.5 Å². The zero-order valence-electron chi connectivity index (χ0n) is 41.3. The van der Waals surface area contributed by atoms with Crippen LogP contribution in [0.15, 0.2) is 89.9 Å². The second-order valence-electron chi connectivity index (χ2n) is 19.7. The van der Waals surface area contributed by atoms with E-state index in [1.165, 1.54) is 34.0 Å². The van der Waals surface area contributed by atoms with E-state index in [9.17, 15) is 24.8 Å². The van der Waals surface area contributed by atoms with E-state index in [1.54, 1.807) is 48.0 Å². The molecule has 0 aromatic heterocycles. The number of esters is 1. The molecule has 9 rings (SSSR count). The van der Waals surface area contributed by atoms with Gasteiger partial charge in [0.25, 0.3) is 0 Å². The van der Waals surface area contributed by atoms with Crippen LogP contribution in [0.1, 0.15) is 73.9 Å². The van der Waals surface area contributed by atoms with Crippen LogP contribution in [-0.2, 0) is 44.4 Å². The smallest absolute Gasteiger partial charge is 0.408 e. The van der Waals surface area contributed by atoms with Gasteiger partial charge in [-0.15, -0.1) is 6.58 Å². The SMILES string of the molecule is C=CCN1[C@@H]2c3c(cc(C)c(OC)c3OCOCCOC)C[C@H]1[C@H](C#N)N1C2CC2(O)C(=O)C(C)=C3OCOC3=C2[C@@H]1COC(=O)[C@@H](CSCC1c2ccccc2-c2ccccc21)NC(=O)OC(C)(C)C. The maximum absolute atomic E-state index is 14.8. The fraction of sp³-hybridized carbons (Fsp3) is 0.481. The highest BCUT2D eigenvalue weighted by Crippen LogP contribution is 2.57. The van der Waals surface area contributed by atoms with Gasteiger partial charge in [0.15, 0.2) is 41.2 Å². The number of ether oxygens (including phenoxy) is 8. The molecule has 3 aromatic rings. The Balaban J connectivity index is 1.09. The highest BCUT2D eigenvalue weighted by molar-refractivity contribution is 7.99. The molecular formula is C54H62N4O12S. The molecular weight excluding hydrogens is 929 g/mol. The molecule has 7 atom stereocenters. The monoisotopic (exact) mass is 990 g/mol. The van der Waals surface area contributed by atoms with Crippen LogP contribution in [0.4, 0.5) is 4.79 Å². The van der Waals surface area contributed by atoms with Gasteiger partial charge in [0.1, 0.15) is 24.3 Å². The minimum atomic E-state index is -2.18. The lowest BCUT2D eigenvalue weighted by Gasteiger charge is -2.63. The van der Waals surface area contributed by atoms with E-state index in [0.29, 0.717) is 36.8 Å². The summed E-state index contributed by atoms with van der Waals surface area (Å²) in [4.78, 5) is 47.2. The van der Waals surface area contributed by atoms with Gasteiger partial charge < -0.3 is 48.3 Å². The van der Waals surface area contributed by atoms with Gasteiger partial charge in [-0.05, 0) is 74.4 Å². The van der Waals surface area contributed by atoms with E-state index in [2.05, 4.69) is 47.1 Å². The van der Waals surface area contributed by atoms with E-state index < -0.39 is 71.9 Å². The van der Waals surface area contributed by atoms with E-state index in [1.807, 2.05) is 42.2 Å². The molecule has 3 saturated heterocycles. The van der Waals surface area contributed by atoms with Crippen molar-refractivity contribution in [3.63, 3.8) is 0 Å². The molecule has 0 saturated carbocycles. The molecule has 71 heavy (non-hydrogen) atoms. The van der Waals surface area contributed by atoms with Crippen molar-refractivity contribution >= 4 is 29.6 Å². The number of aliphatic hydroxyl groups is 1. The van der Waals surface area contributed by atoms with Gasteiger partial charge in [-0.2, -0.15) is 17.0 Å². The number of hydrogen-bond acceptors (Lipinski definition) is 16. The van der Waals surface area contributed by atoms with Crippen molar-refractivity contribution < 1.29 is 57.4 Å². The topological polar surface area (TPSA) is 188 Å². The number of carbonyl (C=O) groups is 3. The maximum Gasteiger partial charge on any atom is 0.408 e. The number of aryl methyl sites for hydroxylation is 1. The summed E-state index contributed by atoms with van der Waals surface area (Å²) in [5.41, 5.74) is 4.49. The Morgan fingerprint density at radius 3 is 2.41 bits per heavy atom. The van der Waals surface area contributed by atoms with E-state index in [-0.39, 0.29) is 60.9 Å². The summed E-state index contributed by atoms with van der Waals surface area (Å²) in [6, 6.07) is 16.2. The minimum Gasteiger partial charge on any atom is -0.493 e. The van der Waals surface area contributed by atoms with E-state index >= 15 is 0 Å². The molecule has 0 radical (unpaired) electrons. The third kappa shape index (κ3) is 9.08. The standard InChI is InChI=1S/C54H62N4O12S/c1-9-18-57-39-22-32-21-30(2)46(64-8)48(67-28-65-20-19-63-7)43(32)45(57)40-23-54(62)44(49-47(68-29-69-49)31(3)50(54)59)42(58(40)41(39)24-55)25-66-51(60)38(56-52(61)70-53(4,5)6)27-71-26-37-35-16-12-10-14-33(35)34-15-11-13-17-36(34)37/h9-17,21,37-42,45,62H,1,18-20,22-23,25-29H2,2-8H3,(H,56,61)/t38-,39+,40?,41+,42+,45+,54?/m1/s1. The third-order valence-corrected chi connectivity index (χ3v) is 15.5. The predicted molar refractivity (Wildman–Crippen MR) is 264 cm³/mol. The van der Waals surface area contributed by atoms with Crippen molar-refractivity contribution in [3.05, 3.63) is 118 Å². The molecule has 3 fully saturated rings.